The topological polar surface area (TPSA) is 12.0 Å². The molecule has 0 atom stereocenters. The molecule has 2 rings (SSSR count). The van der Waals surface area contributed by atoms with Crippen LogP contribution >= 0.6 is 12.4 Å². The Morgan fingerprint density at radius 3 is 2.38 bits per heavy atom. The van der Waals surface area contributed by atoms with Gasteiger partial charge in [0, 0.05) is 18.5 Å². The standard InChI is InChI=1S/C10H12FN.ClH/c1-10(6-12-7-10)8-4-2-3-5-9(8)11;/h2-5,12H,6-7H2,1H3;1H. The van der Waals surface area contributed by atoms with Gasteiger partial charge in [0.1, 0.15) is 5.82 Å². The van der Waals surface area contributed by atoms with Crippen LogP contribution in [0.4, 0.5) is 4.39 Å². The van der Waals surface area contributed by atoms with Crippen LogP contribution in [-0.2, 0) is 5.41 Å². The average molecular weight is 202 g/mol. The van der Waals surface area contributed by atoms with Gasteiger partial charge in [-0.3, -0.25) is 0 Å². The summed E-state index contributed by atoms with van der Waals surface area (Å²) in [6, 6.07) is 7.02. The second-order valence-electron chi connectivity index (χ2n) is 3.64. The van der Waals surface area contributed by atoms with Gasteiger partial charge in [-0.05, 0) is 11.6 Å². The third-order valence-corrected chi connectivity index (χ3v) is 2.55. The molecule has 0 amide bonds. The Bertz CT molecular complexity index is 297. The molecule has 0 saturated carbocycles. The van der Waals surface area contributed by atoms with Crippen molar-refractivity contribution >= 4 is 12.4 Å². The van der Waals surface area contributed by atoms with Crippen LogP contribution in [0, 0.1) is 5.82 Å². The van der Waals surface area contributed by atoms with Crippen LogP contribution in [0.15, 0.2) is 24.3 Å². The van der Waals surface area contributed by atoms with E-state index >= 15 is 0 Å². The molecule has 0 radical (unpaired) electrons. The first kappa shape index (κ1) is 10.5. The van der Waals surface area contributed by atoms with Crippen LogP contribution in [-0.4, -0.2) is 13.1 Å². The maximum atomic E-state index is 13.3. The van der Waals surface area contributed by atoms with Gasteiger partial charge in [0.15, 0.2) is 0 Å². The molecule has 0 aromatic heterocycles. The molecule has 1 fully saturated rings. The number of halogens is 2. The highest BCUT2D eigenvalue weighted by Gasteiger charge is 2.35. The zero-order valence-corrected chi connectivity index (χ0v) is 8.33. The molecule has 1 aromatic carbocycles. The van der Waals surface area contributed by atoms with E-state index < -0.39 is 0 Å². The highest BCUT2D eigenvalue weighted by Crippen LogP contribution is 2.29. The highest BCUT2D eigenvalue weighted by atomic mass is 35.5. The molecular formula is C10H13ClFN. The van der Waals surface area contributed by atoms with Crippen LogP contribution in [0.2, 0.25) is 0 Å². The van der Waals surface area contributed by atoms with Gasteiger partial charge in [-0.2, -0.15) is 0 Å². The largest absolute Gasteiger partial charge is 0.315 e. The number of rotatable bonds is 1. The summed E-state index contributed by atoms with van der Waals surface area (Å²) in [5.41, 5.74) is 0.856. The van der Waals surface area contributed by atoms with E-state index in [2.05, 4.69) is 12.2 Å². The first-order valence-corrected chi connectivity index (χ1v) is 4.18. The first-order valence-electron chi connectivity index (χ1n) is 4.18. The maximum absolute atomic E-state index is 13.3. The minimum atomic E-state index is -0.0819. The molecule has 1 N–H and O–H groups in total. The van der Waals surface area contributed by atoms with Gasteiger partial charge in [0.2, 0.25) is 0 Å². The molecule has 1 heterocycles. The fourth-order valence-corrected chi connectivity index (χ4v) is 1.64. The lowest BCUT2D eigenvalue weighted by atomic mass is 9.77. The number of benzene rings is 1. The van der Waals surface area contributed by atoms with E-state index in [1.54, 1.807) is 6.07 Å². The van der Waals surface area contributed by atoms with Crippen LogP contribution in [0.3, 0.4) is 0 Å². The maximum Gasteiger partial charge on any atom is 0.127 e. The molecule has 1 aromatic rings. The summed E-state index contributed by atoms with van der Waals surface area (Å²) in [6.07, 6.45) is 0. The molecule has 0 unspecified atom stereocenters. The summed E-state index contributed by atoms with van der Waals surface area (Å²) >= 11 is 0. The van der Waals surface area contributed by atoms with E-state index in [0.29, 0.717) is 0 Å². The van der Waals surface area contributed by atoms with Crippen molar-refractivity contribution < 1.29 is 4.39 Å². The Labute approximate surface area is 83.8 Å². The average Bonchev–Trinajstić information content (AvgIpc) is 2.01. The van der Waals surface area contributed by atoms with Gasteiger partial charge in [0.05, 0.1) is 0 Å². The molecule has 3 heteroatoms. The summed E-state index contributed by atoms with van der Waals surface area (Å²) in [4.78, 5) is 0. The van der Waals surface area contributed by atoms with Crippen molar-refractivity contribution in [3.63, 3.8) is 0 Å². The third kappa shape index (κ3) is 1.69. The summed E-state index contributed by atoms with van der Waals surface area (Å²) < 4.78 is 13.3. The normalized spacial score (nSPS) is 18.6. The Kier molecular flexibility index (Phi) is 2.94. The van der Waals surface area contributed by atoms with E-state index in [4.69, 9.17) is 0 Å². The third-order valence-electron chi connectivity index (χ3n) is 2.55. The van der Waals surface area contributed by atoms with Gasteiger partial charge in [-0.15, -0.1) is 12.4 Å². The molecule has 0 spiro atoms. The molecule has 1 aliphatic heterocycles. The van der Waals surface area contributed by atoms with Gasteiger partial charge in [-0.25, -0.2) is 4.39 Å². The number of hydrogen-bond acceptors (Lipinski definition) is 1. The molecule has 1 saturated heterocycles. The smallest absolute Gasteiger partial charge is 0.127 e. The lowest BCUT2D eigenvalue weighted by molar-refractivity contribution is 0.295. The number of hydrogen-bond donors (Lipinski definition) is 1. The van der Waals surface area contributed by atoms with Crippen LogP contribution in [0.5, 0.6) is 0 Å². The van der Waals surface area contributed by atoms with Gasteiger partial charge in [0.25, 0.3) is 0 Å². The molecule has 0 bridgehead atoms. The van der Waals surface area contributed by atoms with Crippen molar-refractivity contribution in [2.45, 2.75) is 12.3 Å². The second-order valence-corrected chi connectivity index (χ2v) is 3.64. The highest BCUT2D eigenvalue weighted by molar-refractivity contribution is 5.85. The van der Waals surface area contributed by atoms with Crippen LogP contribution in [0.1, 0.15) is 12.5 Å². The van der Waals surface area contributed by atoms with E-state index in [1.165, 1.54) is 6.07 Å². The Balaban J connectivity index is 0.000000845. The lowest BCUT2D eigenvalue weighted by Gasteiger charge is -2.39. The van der Waals surface area contributed by atoms with Crippen molar-refractivity contribution in [1.29, 1.82) is 0 Å². The van der Waals surface area contributed by atoms with Crippen LogP contribution in [0.25, 0.3) is 0 Å². The SMILES string of the molecule is CC1(c2ccccc2F)CNC1.Cl. The minimum Gasteiger partial charge on any atom is -0.315 e. The quantitative estimate of drug-likeness (QED) is 0.734. The Morgan fingerprint density at radius 1 is 1.31 bits per heavy atom. The van der Waals surface area contributed by atoms with E-state index in [9.17, 15) is 4.39 Å². The zero-order valence-electron chi connectivity index (χ0n) is 7.51. The molecule has 72 valence electrons. The molecule has 1 nitrogen and oxygen atoms in total. The summed E-state index contributed by atoms with van der Waals surface area (Å²) in [5.74, 6) is -0.0819. The van der Waals surface area contributed by atoms with Crippen molar-refractivity contribution in [2.24, 2.45) is 0 Å². The monoisotopic (exact) mass is 201 g/mol. The van der Waals surface area contributed by atoms with E-state index in [-0.39, 0.29) is 23.6 Å². The summed E-state index contributed by atoms with van der Waals surface area (Å²) in [6.45, 7) is 3.85. The van der Waals surface area contributed by atoms with E-state index in [0.717, 1.165) is 18.7 Å². The predicted octanol–water partition coefficient (Wildman–Crippen LogP) is 2.11. The van der Waals surface area contributed by atoms with Gasteiger partial charge < -0.3 is 5.32 Å². The van der Waals surface area contributed by atoms with Crippen LogP contribution < -0.4 is 5.32 Å². The first-order chi connectivity index (χ1) is 5.72. The van der Waals surface area contributed by atoms with Crippen molar-refractivity contribution in [1.82, 2.24) is 5.32 Å². The van der Waals surface area contributed by atoms with Gasteiger partial charge in [-0.1, -0.05) is 25.1 Å². The Hall–Kier alpha value is -0.600. The fraction of sp³-hybridized carbons (Fsp3) is 0.400. The van der Waals surface area contributed by atoms with Crippen molar-refractivity contribution in [2.75, 3.05) is 13.1 Å². The molecule has 1 aliphatic rings. The van der Waals surface area contributed by atoms with Crippen molar-refractivity contribution in [3.8, 4) is 0 Å². The van der Waals surface area contributed by atoms with Crippen molar-refractivity contribution in [3.05, 3.63) is 35.6 Å². The zero-order chi connectivity index (χ0) is 8.60. The second kappa shape index (κ2) is 3.64. The lowest BCUT2D eigenvalue weighted by Crippen LogP contribution is -2.55. The fourth-order valence-electron chi connectivity index (χ4n) is 1.64. The summed E-state index contributed by atoms with van der Waals surface area (Å²) in [5, 5.41) is 3.16. The van der Waals surface area contributed by atoms with Gasteiger partial charge >= 0.3 is 0 Å². The molecule has 0 aliphatic carbocycles. The molecular weight excluding hydrogens is 189 g/mol. The minimum absolute atomic E-state index is 0. The molecule has 13 heavy (non-hydrogen) atoms. The Morgan fingerprint density at radius 2 is 1.92 bits per heavy atom. The summed E-state index contributed by atoms with van der Waals surface area (Å²) in [7, 11) is 0. The predicted molar refractivity (Wildman–Crippen MR) is 53.9 cm³/mol. The van der Waals surface area contributed by atoms with E-state index in [1.807, 2.05) is 12.1 Å². The number of nitrogens with one attached hydrogen (secondary N) is 1.